The van der Waals surface area contributed by atoms with Gasteiger partial charge in [0.1, 0.15) is 5.75 Å². The van der Waals surface area contributed by atoms with Crippen molar-refractivity contribution in [1.29, 1.82) is 0 Å². The van der Waals surface area contributed by atoms with E-state index in [1.807, 2.05) is 18.2 Å². The molecule has 1 aromatic rings. The monoisotopic (exact) mass is 226 g/mol. The molecule has 1 aliphatic rings. The van der Waals surface area contributed by atoms with Crippen LogP contribution < -0.4 is 15.0 Å². The number of ether oxygens (including phenoxy) is 1. The number of hydrogen-bond donors (Lipinski definition) is 1. The van der Waals surface area contributed by atoms with Crippen LogP contribution in [0.2, 0.25) is 0 Å². The molecule has 0 spiro atoms. The van der Waals surface area contributed by atoms with Gasteiger partial charge in [0.25, 0.3) is 5.91 Å². The lowest BCUT2D eigenvalue weighted by Crippen LogP contribution is -2.35. The topological polar surface area (TPSA) is 41.6 Å². The van der Waals surface area contributed by atoms with E-state index in [4.69, 9.17) is 16.3 Å². The van der Waals surface area contributed by atoms with Crippen molar-refractivity contribution in [2.45, 2.75) is 0 Å². The van der Waals surface area contributed by atoms with Gasteiger partial charge in [-0.25, -0.2) is 0 Å². The lowest BCUT2D eigenvalue weighted by atomic mass is 10.2. The number of benzene rings is 1. The molecule has 1 heterocycles. The highest BCUT2D eigenvalue weighted by Crippen LogP contribution is 2.33. The van der Waals surface area contributed by atoms with Gasteiger partial charge >= 0.3 is 0 Å². The maximum absolute atomic E-state index is 11.4. The normalized spacial score (nSPS) is 14.5. The number of carbonyl (C=O) groups excluding carboxylic acids is 1. The molecule has 4 nitrogen and oxygen atoms in total. The predicted molar refractivity (Wildman–Crippen MR) is 59.7 cm³/mol. The molecule has 15 heavy (non-hydrogen) atoms. The van der Waals surface area contributed by atoms with Crippen molar-refractivity contribution in [3.63, 3.8) is 0 Å². The Balaban J connectivity index is 2.36. The highest BCUT2D eigenvalue weighted by atomic mass is 35.5. The second-order valence-corrected chi connectivity index (χ2v) is 3.50. The number of likely N-dealkylation sites (N-methyl/N-ethyl adjacent to an activating group) is 1. The third-order valence-electron chi connectivity index (χ3n) is 2.32. The van der Waals surface area contributed by atoms with Crippen LogP contribution in [0.4, 0.5) is 11.4 Å². The first-order chi connectivity index (χ1) is 7.22. The molecule has 0 atom stereocenters. The maximum atomic E-state index is 11.4. The first-order valence-corrected chi connectivity index (χ1v) is 5.09. The quantitative estimate of drug-likeness (QED) is 0.616. The van der Waals surface area contributed by atoms with Gasteiger partial charge in [-0.15, -0.1) is 11.6 Å². The number of nitrogens with one attached hydrogen (secondary N) is 1. The molecule has 0 aromatic heterocycles. The summed E-state index contributed by atoms with van der Waals surface area (Å²) in [5.74, 6) is 0.669. The fourth-order valence-electron chi connectivity index (χ4n) is 1.46. The average molecular weight is 227 g/mol. The first-order valence-electron chi connectivity index (χ1n) is 4.55. The van der Waals surface area contributed by atoms with Crippen LogP contribution in [-0.4, -0.2) is 25.6 Å². The Kier molecular flexibility index (Phi) is 2.68. The van der Waals surface area contributed by atoms with Gasteiger partial charge in [0.15, 0.2) is 6.61 Å². The third-order valence-corrected chi connectivity index (χ3v) is 2.45. The minimum Gasteiger partial charge on any atom is -0.482 e. The zero-order chi connectivity index (χ0) is 10.8. The van der Waals surface area contributed by atoms with Crippen molar-refractivity contribution in [3.05, 3.63) is 18.2 Å². The van der Waals surface area contributed by atoms with Crippen molar-refractivity contribution >= 4 is 28.9 Å². The molecule has 0 saturated heterocycles. The molecule has 0 aliphatic carbocycles. The summed E-state index contributed by atoms with van der Waals surface area (Å²) in [5, 5.41) is 2.96. The number of nitrogens with zero attached hydrogens (tertiary/aromatic N) is 1. The molecule has 0 unspecified atom stereocenters. The van der Waals surface area contributed by atoms with Crippen LogP contribution in [0.5, 0.6) is 5.75 Å². The van der Waals surface area contributed by atoms with E-state index in [0.29, 0.717) is 6.00 Å². The lowest BCUT2D eigenvalue weighted by molar-refractivity contribution is -0.120. The van der Waals surface area contributed by atoms with E-state index in [1.165, 1.54) is 0 Å². The molecular weight excluding hydrogens is 216 g/mol. The van der Waals surface area contributed by atoms with Crippen molar-refractivity contribution in [2.24, 2.45) is 0 Å². The van der Waals surface area contributed by atoms with Gasteiger partial charge in [0.05, 0.1) is 11.7 Å². The molecule has 1 aliphatic heterocycles. The number of hydrogen-bond acceptors (Lipinski definition) is 3. The second-order valence-electron chi connectivity index (χ2n) is 3.23. The first kappa shape index (κ1) is 10.1. The summed E-state index contributed by atoms with van der Waals surface area (Å²) in [6.45, 7) is 0.103. The van der Waals surface area contributed by atoms with Gasteiger partial charge in [-0.3, -0.25) is 4.79 Å². The smallest absolute Gasteiger partial charge is 0.264 e. The summed E-state index contributed by atoms with van der Waals surface area (Å²) >= 11 is 5.56. The maximum Gasteiger partial charge on any atom is 0.264 e. The SMILES string of the molecule is CN1C(=O)COc2ccc(NCCl)cc21. The number of rotatable bonds is 2. The van der Waals surface area contributed by atoms with Gasteiger partial charge in [0.2, 0.25) is 0 Å². The molecule has 1 N–H and O–H groups in total. The van der Waals surface area contributed by atoms with Crippen LogP contribution in [0, 0.1) is 0 Å². The molecule has 0 fully saturated rings. The Morgan fingerprint density at radius 1 is 1.60 bits per heavy atom. The number of amides is 1. The van der Waals surface area contributed by atoms with E-state index in [9.17, 15) is 4.79 Å². The fraction of sp³-hybridized carbons (Fsp3) is 0.300. The van der Waals surface area contributed by atoms with Gasteiger partial charge in [0, 0.05) is 12.7 Å². The van der Waals surface area contributed by atoms with E-state index in [1.54, 1.807) is 11.9 Å². The predicted octanol–water partition coefficient (Wildman–Crippen LogP) is 1.65. The van der Waals surface area contributed by atoms with Gasteiger partial charge in [-0.05, 0) is 18.2 Å². The highest BCUT2D eigenvalue weighted by Gasteiger charge is 2.21. The van der Waals surface area contributed by atoms with Crippen molar-refractivity contribution in [2.75, 3.05) is 29.9 Å². The van der Waals surface area contributed by atoms with Crippen LogP contribution in [0.3, 0.4) is 0 Å². The summed E-state index contributed by atoms with van der Waals surface area (Å²) in [7, 11) is 1.73. The summed E-state index contributed by atoms with van der Waals surface area (Å²) < 4.78 is 5.29. The Bertz CT molecular complexity index is 395. The summed E-state index contributed by atoms with van der Waals surface area (Å²) in [6, 6.07) is 5.87. The van der Waals surface area contributed by atoms with Crippen LogP contribution in [-0.2, 0) is 4.79 Å². The van der Waals surface area contributed by atoms with E-state index >= 15 is 0 Å². The van der Waals surface area contributed by atoms with Crippen molar-refractivity contribution in [3.8, 4) is 5.75 Å². The summed E-state index contributed by atoms with van der Waals surface area (Å²) in [6.07, 6.45) is 0. The van der Waals surface area contributed by atoms with E-state index in [2.05, 4.69) is 5.32 Å². The zero-order valence-electron chi connectivity index (χ0n) is 8.29. The molecule has 1 aromatic carbocycles. The fourth-order valence-corrected chi connectivity index (χ4v) is 1.61. The second kappa shape index (κ2) is 3.98. The minimum absolute atomic E-state index is 0.0504. The summed E-state index contributed by atoms with van der Waals surface area (Å²) in [5.41, 5.74) is 1.63. The van der Waals surface area contributed by atoms with Crippen molar-refractivity contribution in [1.82, 2.24) is 0 Å². The standard InChI is InChI=1S/C10H11ClN2O2/c1-13-8-4-7(12-6-11)2-3-9(8)15-5-10(13)14/h2-4,12H,5-6H2,1H3. The van der Waals surface area contributed by atoms with Crippen LogP contribution in [0.1, 0.15) is 0 Å². The van der Waals surface area contributed by atoms with E-state index in [0.717, 1.165) is 17.1 Å². The number of halogens is 1. The molecule has 2 rings (SSSR count). The molecule has 1 amide bonds. The third kappa shape index (κ3) is 1.85. The number of anilines is 2. The Morgan fingerprint density at radius 2 is 2.40 bits per heavy atom. The largest absolute Gasteiger partial charge is 0.482 e. The molecule has 0 bridgehead atoms. The molecule has 5 heteroatoms. The Hall–Kier alpha value is -1.42. The molecule has 0 saturated carbocycles. The van der Waals surface area contributed by atoms with E-state index in [-0.39, 0.29) is 12.5 Å². The Labute approximate surface area is 92.8 Å². The minimum atomic E-state index is -0.0504. The zero-order valence-corrected chi connectivity index (χ0v) is 9.04. The molecule has 0 radical (unpaired) electrons. The van der Waals surface area contributed by atoms with Crippen LogP contribution in [0.25, 0.3) is 0 Å². The van der Waals surface area contributed by atoms with Crippen LogP contribution in [0.15, 0.2) is 18.2 Å². The van der Waals surface area contributed by atoms with Crippen LogP contribution >= 0.6 is 11.6 Å². The van der Waals surface area contributed by atoms with Crippen molar-refractivity contribution < 1.29 is 9.53 Å². The Morgan fingerprint density at radius 3 is 3.13 bits per heavy atom. The number of fused-ring (bicyclic) bond motifs is 1. The summed E-state index contributed by atoms with van der Waals surface area (Å²) in [4.78, 5) is 13.0. The lowest BCUT2D eigenvalue weighted by Gasteiger charge is -2.26. The number of carbonyl (C=O) groups is 1. The van der Waals surface area contributed by atoms with Gasteiger partial charge in [-0.2, -0.15) is 0 Å². The average Bonchev–Trinajstić information content (AvgIpc) is 2.25. The highest BCUT2D eigenvalue weighted by molar-refractivity contribution is 6.18. The van der Waals surface area contributed by atoms with Gasteiger partial charge in [-0.1, -0.05) is 0 Å². The molecular formula is C10H11ClN2O2. The number of alkyl halides is 1. The van der Waals surface area contributed by atoms with E-state index < -0.39 is 0 Å². The van der Waals surface area contributed by atoms with Gasteiger partial charge < -0.3 is 15.0 Å². The molecule has 80 valence electrons.